The van der Waals surface area contributed by atoms with Crippen molar-refractivity contribution in [2.75, 3.05) is 19.8 Å². The van der Waals surface area contributed by atoms with Crippen molar-refractivity contribution >= 4 is 17.8 Å². The zero-order valence-corrected chi connectivity index (χ0v) is 21.5. The third-order valence-corrected chi connectivity index (χ3v) is 8.07. The highest BCUT2D eigenvalue weighted by molar-refractivity contribution is 5.98. The Balaban J connectivity index is 1.83. The molecule has 3 aliphatic rings. The van der Waals surface area contributed by atoms with Crippen LogP contribution in [0.25, 0.3) is 0 Å². The molecule has 1 N–H and O–H groups in total. The van der Waals surface area contributed by atoms with Crippen molar-refractivity contribution in [3.05, 3.63) is 48.6 Å². The molecule has 3 unspecified atom stereocenters. The summed E-state index contributed by atoms with van der Waals surface area (Å²) in [6.07, 6.45) is 4.00. The fraction of sp³-hybridized carbons (Fsp3) is 0.607. The first-order chi connectivity index (χ1) is 17.4. The van der Waals surface area contributed by atoms with Crippen LogP contribution in [0, 0.1) is 11.8 Å². The summed E-state index contributed by atoms with van der Waals surface area (Å²) in [7, 11) is 0. The van der Waals surface area contributed by atoms with Crippen molar-refractivity contribution < 1.29 is 29.0 Å². The van der Waals surface area contributed by atoms with Crippen LogP contribution in [0.5, 0.6) is 0 Å². The van der Waals surface area contributed by atoms with Gasteiger partial charge in [0, 0.05) is 12.6 Å². The van der Waals surface area contributed by atoms with Crippen LogP contribution in [-0.2, 0) is 23.9 Å². The first-order valence-corrected chi connectivity index (χ1v) is 13.1. The molecule has 7 atom stereocenters. The first kappa shape index (κ1) is 26.4. The topological polar surface area (TPSA) is 96.4 Å². The fourth-order valence-electron chi connectivity index (χ4n) is 6.60. The molecule has 8 heteroatoms. The van der Waals surface area contributed by atoms with Gasteiger partial charge in [-0.1, -0.05) is 49.8 Å². The highest BCUT2D eigenvalue weighted by Crippen LogP contribution is 2.60. The number of fused-ring (bicyclic) bond motifs is 1. The molecule has 36 heavy (non-hydrogen) atoms. The van der Waals surface area contributed by atoms with E-state index in [9.17, 15) is 19.5 Å². The largest absolute Gasteiger partial charge is 0.466 e. The van der Waals surface area contributed by atoms with Gasteiger partial charge in [0.25, 0.3) is 0 Å². The van der Waals surface area contributed by atoms with E-state index in [1.54, 1.807) is 17.9 Å². The number of amides is 2. The van der Waals surface area contributed by atoms with Crippen LogP contribution >= 0.6 is 0 Å². The Bertz CT molecular complexity index is 984. The van der Waals surface area contributed by atoms with Gasteiger partial charge in [-0.2, -0.15) is 0 Å². The SMILES string of the molecule is C=CCN(C(=O)C1N([C@H](CO)c2ccccc2)C(=O)[C@@H]2[C@@H](C(=O)OCC)[C@H]3CCC12O3)C(C)CCC. The normalized spacial score (nSPS) is 30.1. The van der Waals surface area contributed by atoms with E-state index in [4.69, 9.17) is 9.47 Å². The van der Waals surface area contributed by atoms with E-state index in [1.165, 1.54) is 4.90 Å². The number of hydrogen-bond acceptors (Lipinski definition) is 6. The number of rotatable bonds is 11. The Kier molecular flexibility index (Phi) is 7.85. The third kappa shape index (κ3) is 4.14. The van der Waals surface area contributed by atoms with E-state index in [1.807, 2.05) is 37.3 Å². The summed E-state index contributed by atoms with van der Waals surface area (Å²) >= 11 is 0. The molecule has 3 heterocycles. The van der Waals surface area contributed by atoms with Crippen LogP contribution in [-0.4, -0.2) is 76.2 Å². The van der Waals surface area contributed by atoms with Gasteiger partial charge in [-0.15, -0.1) is 6.58 Å². The van der Waals surface area contributed by atoms with E-state index in [-0.39, 0.29) is 31.1 Å². The third-order valence-electron chi connectivity index (χ3n) is 8.07. The zero-order valence-electron chi connectivity index (χ0n) is 21.5. The monoisotopic (exact) mass is 498 g/mol. The smallest absolute Gasteiger partial charge is 0.312 e. The summed E-state index contributed by atoms with van der Waals surface area (Å²) in [5.41, 5.74) is -0.411. The molecular weight excluding hydrogens is 460 g/mol. The number of nitrogens with zero attached hydrogens (tertiary/aromatic N) is 2. The van der Waals surface area contributed by atoms with E-state index in [0.29, 0.717) is 19.4 Å². The number of aliphatic hydroxyl groups excluding tert-OH is 1. The average molecular weight is 499 g/mol. The van der Waals surface area contributed by atoms with Crippen LogP contribution in [0.3, 0.4) is 0 Å². The lowest BCUT2D eigenvalue weighted by atomic mass is 9.70. The maximum Gasteiger partial charge on any atom is 0.312 e. The molecule has 2 bridgehead atoms. The van der Waals surface area contributed by atoms with E-state index < -0.39 is 41.6 Å². The predicted octanol–water partition coefficient (Wildman–Crippen LogP) is 2.86. The zero-order chi connectivity index (χ0) is 26.0. The van der Waals surface area contributed by atoms with Crippen molar-refractivity contribution in [3.63, 3.8) is 0 Å². The van der Waals surface area contributed by atoms with Gasteiger partial charge < -0.3 is 24.4 Å². The van der Waals surface area contributed by atoms with E-state index in [2.05, 4.69) is 13.5 Å². The number of aliphatic hydroxyl groups is 1. The molecular formula is C28H38N2O6. The van der Waals surface area contributed by atoms with E-state index >= 15 is 0 Å². The Labute approximate surface area is 213 Å². The lowest BCUT2D eigenvalue weighted by Gasteiger charge is -2.41. The number of benzene rings is 1. The van der Waals surface area contributed by atoms with Crippen LogP contribution in [0.15, 0.2) is 43.0 Å². The second-order valence-electron chi connectivity index (χ2n) is 10.1. The average Bonchev–Trinajstić information content (AvgIpc) is 3.51. The number of esters is 1. The van der Waals surface area contributed by atoms with Gasteiger partial charge in [0.05, 0.1) is 37.2 Å². The maximum absolute atomic E-state index is 14.4. The number of carbonyl (C=O) groups excluding carboxylic acids is 3. The van der Waals surface area contributed by atoms with Gasteiger partial charge in [-0.3, -0.25) is 14.4 Å². The Hall–Kier alpha value is -2.71. The van der Waals surface area contributed by atoms with Gasteiger partial charge >= 0.3 is 5.97 Å². The van der Waals surface area contributed by atoms with Gasteiger partial charge in [0.2, 0.25) is 11.8 Å². The Morgan fingerprint density at radius 1 is 1.33 bits per heavy atom. The van der Waals surface area contributed by atoms with Crippen LogP contribution in [0.1, 0.15) is 58.1 Å². The summed E-state index contributed by atoms with van der Waals surface area (Å²) in [4.78, 5) is 44.9. The molecule has 2 amide bonds. The van der Waals surface area contributed by atoms with Crippen molar-refractivity contribution in [2.24, 2.45) is 11.8 Å². The van der Waals surface area contributed by atoms with Gasteiger partial charge in [-0.25, -0.2) is 0 Å². The minimum atomic E-state index is -1.14. The summed E-state index contributed by atoms with van der Waals surface area (Å²) in [6.45, 7) is 9.81. The maximum atomic E-state index is 14.4. The predicted molar refractivity (Wildman–Crippen MR) is 134 cm³/mol. The lowest BCUT2D eigenvalue weighted by molar-refractivity contribution is -0.156. The number of hydrogen-bond donors (Lipinski definition) is 1. The summed E-state index contributed by atoms with van der Waals surface area (Å²) in [5.74, 6) is -2.61. The highest BCUT2D eigenvalue weighted by Gasteiger charge is 2.75. The summed E-state index contributed by atoms with van der Waals surface area (Å²) in [5, 5.41) is 10.5. The first-order valence-electron chi connectivity index (χ1n) is 13.1. The Morgan fingerprint density at radius 2 is 2.06 bits per heavy atom. The van der Waals surface area contributed by atoms with Crippen molar-refractivity contribution in [1.29, 1.82) is 0 Å². The second kappa shape index (κ2) is 10.7. The highest BCUT2D eigenvalue weighted by atomic mass is 16.6. The van der Waals surface area contributed by atoms with Crippen LogP contribution < -0.4 is 0 Å². The number of carbonyl (C=O) groups is 3. The number of likely N-dealkylation sites (tertiary alicyclic amines) is 1. The summed E-state index contributed by atoms with van der Waals surface area (Å²) in [6, 6.07) is 7.43. The molecule has 196 valence electrons. The second-order valence-corrected chi connectivity index (χ2v) is 10.1. The quantitative estimate of drug-likeness (QED) is 0.372. The number of ether oxygens (including phenoxy) is 2. The van der Waals surface area contributed by atoms with Crippen molar-refractivity contribution in [3.8, 4) is 0 Å². The molecule has 3 saturated heterocycles. The molecule has 3 aliphatic heterocycles. The standard InChI is InChI=1S/C28H38N2O6/c1-5-11-18(4)29(16-6-2)26(33)24-28-15-14-21(36-28)22(27(34)35-7-3)23(28)25(32)30(24)20(17-31)19-12-9-8-10-13-19/h6,8-10,12-13,18,20-24,31H,2,5,7,11,14-17H2,1,3-4H3/t18?,20-,21-,22+,23+,24?,28?/m1/s1. The van der Waals surface area contributed by atoms with Crippen LogP contribution in [0.4, 0.5) is 0 Å². The molecule has 8 nitrogen and oxygen atoms in total. The molecule has 0 saturated carbocycles. The minimum absolute atomic E-state index is 0.0725. The minimum Gasteiger partial charge on any atom is -0.466 e. The lowest BCUT2D eigenvalue weighted by Crippen LogP contribution is -2.58. The molecule has 1 aromatic rings. The molecule has 4 rings (SSSR count). The van der Waals surface area contributed by atoms with E-state index in [0.717, 1.165) is 18.4 Å². The molecule has 1 spiro atoms. The van der Waals surface area contributed by atoms with Crippen molar-refractivity contribution in [1.82, 2.24) is 9.80 Å². The molecule has 0 radical (unpaired) electrons. The van der Waals surface area contributed by atoms with Gasteiger partial charge in [0.1, 0.15) is 11.6 Å². The Morgan fingerprint density at radius 3 is 2.67 bits per heavy atom. The van der Waals surface area contributed by atoms with Gasteiger partial charge in [-0.05, 0) is 38.7 Å². The fourth-order valence-corrected chi connectivity index (χ4v) is 6.60. The molecule has 0 aliphatic carbocycles. The molecule has 0 aromatic heterocycles. The molecule has 1 aromatic carbocycles. The summed E-state index contributed by atoms with van der Waals surface area (Å²) < 4.78 is 11.8. The van der Waals surface area contributed by atoms with Crippen molar-refractivity contribution in [2.45, 2.75) is 76.3 Å². The molecule has 3 fully saturated rings. The van der Waals surface area contributed by atoms with Crippen LogP contribution in [0.2, 0.25) is 0 Å². The van der Waals surface area contributed by atoms with Gasteiger partial charge in [0.15, 0.2) is 0 Å².